The number of amides is 1. The molecule has 37 heavy (non-hydrogen) atoms. The fourth-order valence-electron chi connectivity index (χ4n) is 4.36. The van der Waals surface area contributed by atoms with Crippen molar-refractivity contribution < 1.29 is 28.3 Å². The van der Waals surface area contributed by atoms with Crippen LogP contribution in [0.5, 0.6) is 5.75 Å². The van der Waals surface area contributed by atoms with E-state index in [1.807, 2.05) is 33.9 Å². The van der Waals surface area contributed by atoms with Crippen LogP contribution >= 0.6 is 34.8 Å². The Morgan fingerprint density at radius 3 is 2.11 bits per heavy atom. The van der Waals surface area contributed by atoms with Crippen LogP contribution in [0.1, 0.15) is 48.5 Å². The van der Waals surface area contributed by atoms with E-state index in [4.69, 9.17) is 48.7 Å². The highest BCUT2D eigenvalue weighted by molar-refractivity contribution is 6.48. The van der Waals surface area contributed by atoms with E-state index in [2.05, 4.69) is 0 Å². The highest BCUT2D eigenvalue weighted by atomic mass is 35.5. The minimum Gasteiger partial charge on any atom is -0.459 e. The molecule has 0 saturated carbocycles. The zero-order valence-corrected chi connectivity index (χ0v) is 26.2. The molecule has 1 saturated heterocycles. The number of likely N-dealkylation sites (tertiary alicyclic amines) is 1. The average molecular weight is 594 g/mol. The molecule has 11 heteroatoms. The van der Waals surface area contributed by atoms with E-state index in [9.17, 15) is 14.4 Å². The summed E-state index contributed by atoms with van der Waals surface area (Å²) in [5.41, 5.74) is -1.01. The smallest absolute Gasteiger partial charge is 0.326 e. The first kappa shape index (κ1) is 31.9. The molecule has 207 valence electrons. The van der Waals surface area contributed by atoms with E-state index in [1.54, 1.807) is 27.7 Å². The van der Waals surface area contributed by atoms with Gasteiger partial charge in [-0.3, -0.25) is 14.4 Å². The van der Waals surface area contributed by atoms with Crippen LogP contribution in [0.25, 0.3) is 0 Å². The van der Waals surface area contributed by atoms with Gasteiger partial charge in [-0.15, -0.1) is 0 Å². The van der Waals surface area contributed by atoms with Gasteiger partial charge < -0.3 is 18.8 Å². The van der Waals surface area contributed by atoms with Crippen molar-refractivity contribution in [2.45, 2.75) is 73.2 Å². The molecule has 1 heterocycles. The number of nitrogens with zero attached hydrogens (tertiary/aromatic N) is 1. The zero-order valence-electron chi connectivity index (χ0n) is 22.9. The van der Waals surface area contributed by atoms with E-state index in [1.165, 1.54) is 17.0 Å². The third-order valence-electron chi connectivity index (χ3n) is 6.18. The summed E-state index contributed by atoms with van der Waals surface area (Å²) < 4.78 is 17.1. The molecule has 2 rings (SSSR count). The lowest BCUT2D eigenvalue weighted by atomic mass is 9.64. The maximum absolute atomic E-state index is 13.5. The normalized spacial score (nSPS) is 19.9. The number of carbonyl (C=O) groups excluding carboxylic acids is 3. The van der Waals surface area contributed by atoms with Gasteiger partial charge in [-0.05, 0) is 58.2 Å². The van der Waals surface area contributed by atoms with E-state index < -0.39 is 44.5 Å². The number of benzene rings is 1. The summed E-state index contributed by atoms with van der Waals surface area (Å²) in [6.45, 7) is 17.2. The molecular weight excluding hydrogens is 557 g/mol. The summed E-state index contributed by atoms with van der Waals surface area (Å²) in [6.07, 6.45) is 0. The monoisotopic (exact) mass is 592 g/mol. The van der Waals surface area contributed by atoms with Gasteiger partial charge in [0.05, 0.1) is 32.9 Å². The van der Waals surface area contributed by atoms with Gasteiger partial charge in [-0.1, -0.05) is 55.6 Å². The number of esters is 2. The zero-order chi connectivity index (χ0) is 28.5. The van der Waals surface area contributed by atoms with Gasteiger partial charge in [-0.2, -0.15) is 0 Å². The number of rotatable bonds is 9. The van der Waals surface area contributed by atoms with Gasteiger partial charge in [0, 0.05) is 12.7 Å². The number of hydrogen-bond donors (Lipinski definition) is 0. The van der Waals surface area contributed by atoms with Crippen molar-refractivity contribution in [3.63, 3.8) is 0 Å². The van der Waals surface area contributed by atoms with Crippen LogP contribution in [-0.2, 0) is 23.5 Å². The van der Waals surface area contributed by atoms with Crippen LogP contribution in [0, 0.1) is 23.2 Å². The van der Waals surface area contributed by atoms with Crippen LogP contribution in [0.3, 0.4) is 0 Å². The summed E-state index contributed by atoms with van der Waals surface area (Å²) in [6, 6.07) is 2.16. The Kier molecular flexibility index (Phi) is 10.6. The maximum atomic E-state index is 13.5. The van der Waals surface area contributed by atoms with E-state index in [-0.39, 0.29) is 44.6 Å². The van der Waals surface area contributed by atoms with Crippen LogP contribution < -0.4 is 4.74 Å². The maximum Gasteiger partial charge on any atom is 0.326 e. The van der Waals surface area contributed by atoms with Crippen LogP contribution in [0.4, 0.5) is 0 Å². The van der Waals surface area contributed by atoms with Crippen LogP contribution in [-0.4, -0.2) is 56.6 Å². The Morgan fingerprint density at radius 1 is 1.03 bits per heavy atom. The molecule has 0 unspecified atom stereocenters. The topological polar surface area (TPSA) is 82.1 Å². The predicted molar refractivity (Wildman–Crippen MR) is 147 cm³/mol. The molecule has 0 aliphatic carbocycles. The first-order chi connectivity index (χ1) is 16.8. The lowest BCUT2D eigenvalue weighted by molar-refractivity contribution is -0.182. The summed E-state index contributed by atoms with van der Waals surface area (Å²) in [5.74, 6) is -2.83. The molecule has 1 radical (unpaired) electrons. The fraction of sp³-hybridized carbons (Fsp3) is 0.654. The number of hydrogen-bond acceptors (Lipinski definition) is 6. The summed E-state index contributed by atoms with van der Waals surface area (Å²) in [7, 11) is -1.01. The Morgan fingerprint density at radius 2 is 1.59 bits per heavy atom. The van der Waals surface area contributed by atoms with Crippen molar-refractivity contribution in [1.82, 2.24) is 4.90 Å². The minimum absolute atomic E-state index is 0.0636. The lowest BCUT2D eigenvalue weighted by Crippen LogP contribution is -2.69. The largest absolute Gasteiger partial charge is 0.459 e. The molecule has 0 bridgehead atoms. The lowest BCUT2D eigenvalue weighted by Gasteiger charge is -2.54. The Bertz CT molecular complexity index is 1020. The standard InChI is InChI=1S/C26H37Cl3NO6Si/c1-14(24(33)35-19-11-17(28)16(27)10-18(19)29)22-21(15(25(2,3)4)13-34-37(8)9)23(32)30(22)12-20(31)36-26(5,6)7/h10-11,14-15,21-22H,12-13H2,1-9H3/t14-,15-,21+,22-/m1/s1. The molecule has 1 aliphatic rings. The number of halogens is 3. The second-order valence-electron chi connectivity index (χ2n) is 11.7. The van der Waals surface area contributed by atoms with Crippen molar-refractivity contribution in [2.24, 2.45) is 23.2 Å². The van der Waals surface area contributed by atoms with Gasteiger partial charge in [0.15, 0.2) is 5.75 Å². The predicted octanol–water partition coefficient (Wildman–Crippen LogP) is 6.29. The van der Waals surface area contributed by atoms with E-state index >= 15 is 0 Å². The van der Waals surface area contributed by atoms with Crippen molar-refractivity contribution in [2.75, 3.05) is 13.2 Å². The molecule has 7 nitrogen and oxygen atoms in total. The highest BCUT2D eigenvalue weighted by Gasteiger charge is 2.57. The second kappa shape index (κ2) is 12.2. The van der Waals surface area contributed by atoms with Crippen molar-refractivity contribution >= 4 is 61.7 Å². The molecule has 1 fully saturated rings. The third-order valence-corrected chi connectivity index (χ3v) is 7.94. The summed E-state index contributed by atoms with van der Waals surface area (Å²) >= 11 is 18.3. The van der Waals surface area contributed by atoms with E-state index in [0.29, 0.717) is 6.61 Å². The molecule has 1 amide bonds. The van der Waals surface area contributed by atoms with Crippen molar-refractivity contribution in [3.8, 4) is 5.75 Å². The molecule has 4 atom stereocenters. The summed E-state index contributed by atoms with van der Waals surface area (Å²) in [5, 5.41) is 0.545. The first-order valence-electron chi connectivity index (χ1n) is 12.1. The number of carbonyl (C=O) groups is 3. The SMILES string of the molecule is C[C@@H](C(=O)Oc1cc(Cl)c(Cl)cc1Cl)[C@@H]1[C@H]([C@@H](CO[Si](C)C)C(C)(C)C)C(=O)N1CC(=O)OC(C)(C)C. The first-order valence-corrected chi connectivity index (χ1v) is 15.7. The van der Waals surface area contributed by atoms with Gasteiger partial charge in [-0.25, -0.2) is 0 Å². The molecule has 1 aromatic carbocycles. The number of β-lactam (4-membered cyclic amide) rings is 1. The van der Waals surface area contributed by atoms with E-state index in [0.717, 1.165) is 0 Å². The molecule has 0 N–H and O–H groups in total. The quantitative estimate of drug-likeness (QED) is 0.110. The van der Waals surface area contributed by atoms with Gasteiger partial charge >= 0.3 is 11.9 Å². The fourth-order valence-corrected chi connectivity index (χ4v) is 5.44. The van der Waals surface area contributed by atoms with Gasteiger partial charge in [0.25, 0.3) is 0 Å². The molecule has 1 aliphatic heterocycles. The third kappa shape index (κ3) is 8.33. The van der Waals surface area contributed by atoms with Gasteiger partial charge in [0.1, 0.15) is 12.1 Å². The Balaban J connectivity index is 2.39. The van der Waals surface area contributed by atoms with Crippen LogP contribution in [0.15, 0.2) is 12.1 Å². The Labute approximate surface area is 236 Å². The number of ether oxygens (including phenoxy) is 2. The molecule has 0 aromatic heterocycles. The molecule has 1 aromatic rings. The van der Waals surface area contributed by atoms with Gasteiger partial charge in [0.2, 0.25) is 14.9 Å². The van der Waals surface area contributed by atoms with Crippen molar-refractivity contribution in [3.05, 3.63) is 27.2 Å². The van der Waals surface area contributed by atoms with Crippen LogP contribution in [0.2, 0.25) is 28.2 Å². The highest BCUT2D eigenvalue weighted by Crippen LogP contribution is 2.45. The molecular formula is C26H37Cl3NO6Si. The molecule has 0 spiro atoms. The average Bonchev–Trinajstić information content (AvgIpc) is 2.72. The Hall–Kier alpha value is -1.32. The van der Waals surface area contributed by atoms with Crippen molar-refractivity contribution in [1.29, 1.82) is 0 Å². The minimum atomic E-state index is -1.01. The summed E-state index contributed by atoms with van der Waals surface area (Å²) in [4.78, 5) is 40.8. The second-order valence-corrected chi connectivity index (χ2v) is 15.0.